The van der Waals surface area contributed by atoms with Crippen molar-refractivity contribution in [3.63, 3.8) is 0 Å². The maximum atomic E-state index is 15.0. The molecule has 0 saturated heterocycles. The van der Waals surface area contributed by atoms with Crippen molar-refractivity contribution < 1.29 is 30.2 Å². The van der Waals surface area contributed by atoms with Gasteiger partial charge in [0.15, 0.2) is 8.07 Å². The van der Waals surface area contributed by atoms with Gasteiger partial charge in [0.25, 0.3) is 5.69 Å². The molecular formula is C72H63FN4OPtSi+2. The van der Waals surface area contributed by atoms with Crippen molar-refractivity contribution in [1.82, 2.24) is 18.7 Å². The summed E-state index contributed by atoms with van der Waals surface area (Å²) in [5.41, 5.74) is 10.3. The molecule has 12 rings (SSSR count). The first-order valence-electron chi connectivity index (χ1n) is 27.2. The van der Waals surface area contributed by atoms with Gasteiger partial charge in [-0.2, -0.15) is 12.1 Å². The van der Waals surface area contributed by atoms with Crippen molar-refractivity contribution in [3.05, 3.63) is 253 Å². The van der Waals surface area contributed by atoms with E-state index in [1.165, 1.54) is 43.5 Å². The van der Waals surface area contributed by atoms with Gasteiger partial charge in [-0.05, 0) is 106 Å². The fourth-order valence-electron chi connectivity index (χ4n) is 11.3. The predicted molar refractivity (Wildman–Crippen MR) is 329 cm³/mol. The quantitative estimate of drug-likeness (QED) is 0.0592. The number of rotatable bonds is 10. The Morgan fingerprint density at radius 3 is 1.73 bits per heavy atom. The van der Waals surface area contributed by atoms with Crippen LogP contribution in [-0.2, 0) is 37.3 Å². The SMILES string of the molecule is CC(C)(C)c1cc([N+]2=C=[N+](c3[c-]c(Oc4[c-]c5c(cc4)c4cc([Si](c6ccccc6)(c6ccccc6)c6ccccc6)ccc4n5-c4cc(C(C)(C)C)ccn4)ccc3)c3cccc(-c4cccc(F)c4)c32)cc(C(C)(C)C)c1.[Pt+2]. The zero-order chi connectivity index (χ0) is 54.8. The minimum absolute atomic E-state index is 0. The summed E-state index contributed by atoms with van der Waals surface area (Å²) in [5, 5.41) is 7.36. The summed E-state index contributed by atoms with van der Waals surface area (Å²) in [6.45, 7) is 20.2. The molecule has 2 aromatic heterocycles. The molecule has 11 aromatic rings. The molecule has 396 valence electrons. The summed E-state index contributed by atoms with van der Waals surface area (Å²) in [6, 6.07) is 85.6. The Balaban J connectivity index is 0.00000675. The zero-order valence-corrected chi connectivity index (χ0v) is 49.9. The van der Waals surface area contributed by atoms with Gasteiger partial charge in [-0.25, -0.2) is 9.37 Å². The van der Waals surface area contributed by atoms with E-state index in [0.717, 1.165) is 61.5 Å². The number of aromatic nitrogens is 2. The molecule has 0 fully saturated rings. The molecule has 0 aliphatic carbocycles. The summed E-state index contributed by atoms with van der Waals surface area (Å²) >= 11 is 0. The Morgan fingerprint density at radius 1 is 0.512 bits per heavy atom. The number of ether oxygens (including phenoxy) is 1. The normalized spacial score (nSPS) is 12.7. The van der Waals surface area contributed by atoms with Gasteiger partial charge in [-0.15, -0.1) is 23.6 Å². The van der Waals surface area contributed by atoms with Crippen molar-refractivity contribution >= 4 is 79.4 Å². The second-order valence-electron chi connectivity index (χ2n) is 23.9. The Kier molecular flexibility index (Phi) is 14.1. The van der Waals surface area contributed by atoms with Crippen LogP contribution in [0.25, 0.3) is 38.8 Å². The molecule has 80 heavy (non-hydrogen) atoms. The van der Waals surface area contributed by atoms with E-state index in [9.17, 15) is 0 Å². The van der Waals surface area contributed by atoms with E-state index >= 15 is 4.39 Å². The van der Waals surface area contributed by atoms with Crippen molar-refractivity contribution in [2.75, 3.05) is 0 Å². The first kappa shape index (κ1) is 53.9. The van der Waals surface area contributed by atoms with E-state index in [1.54, 1.807) is 12.1 Å². The molecule has 0 unspecified atom stereocenters. The molecule has 0 atom stereocenters. The van der Waals surface area contributed by atoms with E-state index in [2.05, 4.69) is 247 Å². The molecule has 0 amide bonds. The van der Waals surface area contributed by atoms with E-state index in [4.69, 9.17) is 9.72 Å². The van der Waals surface area contributed by atoms with E-state index in [0.29, 0.717) is 11.5 Å². The topological polar surface area (TPSA) is 33.1 Å². The van der Waals surface area contributed by atoms with Gasteiger partial charge < -0.3 is 9.30 Å². The summed E-state index contributed by atoms with van der Waals surface area (Å²) in [6.07, 6.45) is 1.92. The Hall–Kier alpha value is -8.05. The van der Waals surface area contributed by atoms with Gasteiger partial charge in [0.1, 0.15) is 17.3 Å². The monoisotopic (exact) mass is 1240 g/mol. The number of pyridine rings is 1. The summed E-state index contributed by atoms with van der Waals surface area (Å²) in [5.74, 6) is 1.57. The standard InChI is InChI=1S/C72H63FN4OSi.Pt/c1-70(2,3)50-38-39-74-68(44-50)77-65-37-35-61(79(58-26-13-10-14-27-58,59-28-15-11-16-29-59)60-30-17-12-18-31-60)47-64(65)63-36-34-57(46-67(63)77)78-56-25-20-24-54(45-56)75-48-76(55-42-51(71(4,5)6)41-52(43-55)72(7,8)9)69-62(32-21-33-66(69)75)49-22-19-23-53(73)40-49;/h10-44,47H,1-9H3;/q;+2. The number of nitrogens with zero attached hydrogens (tertiary/aromatic N) is 4. The van der Waals surface area contributed by atoms with E-state index < -0.39 is 8.07 Å². The third-order valence-corrected chi connectivity index (χ3v) is 20.3. The van der Waals surface area contributed by atoms with Gasteiger partial charge in [0.2, 0.25) is 5.69 Å². The molecule has 0 N–H and O–H groups in total. The second kappa shape index (κ2) is 20.9. The number of para-hydroxylation sites is 1. The summed E-state index contributed by atoms with van der Waals surface area (Å²) in [4.78, 5) is 5.06. The summed E-state index contributed by atoms with van der Waals surface area (Å²) < 4.78 is 28.3. The van der Waals surface area contributed by atoms with Gasteiger partial charge in [0.05, 0.1) is 5.56 Å². The minimum Gasteiger partial charge on any atom is -0.509 e. The van der Waals surface area contributed by atoms with Crippen molar-refractivity contribution in [3.8, 4) is 28.4 Å². The molecule has 1 aliphatic heterocycles. The summed E-state index contributed by atoms with van der Waals surface area (Å²) in [7, 11) is -2.87. The van der Waals surface area contributed by atoms with Gasteiger partial charge in [-0.1, -0.05) is 212 Å². The Labute approximate surface area is 485 Å². The first-order chi connectivity index (χ1) is 37.9. The Morgan fingerprint density at radius 2 is 1.11 bits per heavy atom. The molecule has 0 bridgehead atoms. The van der Waals surface area contributed by atoms with Crippen LogP contribution in [0.4, 0.5) is 27.1 Å². The van der Waals surface area contributed by atoms with Gasteiger partial charge in [0, 0.05) is 41.4 Å². The predicted octanol–water partition coefficient (Wildman–Crippen LogP) is 15.5. The number of halogens is 1. The second-order valence-corrected chi connectivity index (χ2v) is 27.7. The maximum Gasteiger partial charge on any atom is 2.00 e. The third kappa shape index (κ3) is 9.83. The maximum absolute atomic E-state index is 15.0. The molecule has 1 aliphatic rings. The van der Waals surface area contributed by atoms with E-state index in [1.807, 2.05) is 47.2 Å². The number of fused-ring (bicyclic) bond motifs is 4. The molecule has 8 heteroatoms. The zero-order valence-electron chi connectivity index (χ0n) is 46.7. The van der Waals surface area contributed by atoms with Crippen LogP contribution in [0, 0.1) is 17.9 Å². The van der Waals surface area contributed by atoms with E-state index in [-0.39, 0.29) is 43.1 Å². The van der Waals surface area contributed by atoms with Crippen LogP contribution in [0.5, 0.6) is 11.5 Å². The van der Waals surface area contributed by atoms with Gasteiger partial charge >= 0.3 is 32.8 Å². The van der Waals surface area contributed by atoms with Crippen LogP contribution in [0.1, 0.15) is 79.0 Å². The van der Waals surface area contributed by atoms with Crippen LogP contribution in [0.15, 0.2) is 219 Å². The van der Waals surface area contributed by atoms with Crippen LogP contribution < -0.4 is 34.6 Å². The van der Waals surface area contributed by atoms with Crippen LogP contribution >= 0.6 is 0 Å². The third-order valence-electron chi connectivity index (χ3n) is 15.5. The molecule has 0 saturated carbocycles. The first-order valence-corrected chi connectivity index (χ1v) is 29.2. The molecular weight excluding hydrogens is 1180 g/mol. The van der Waals surface area contributed by atoms with Crippen LogP contribution in [0.2, 0.25) is 0 Å². The number of hydrogen-bond donors (Lipinski definition) is 0. The number of hydrogen-bond acceptors (Lipinski definition) is 2. The van der Waals surface area contributed by atoms with Crippen molar-refractivity contribution in [2.24, 2.45) is 0 Å². The molecule has 5 nitrogen and oxygen atoms in total. The fourth-order valence-corrected chi connectivity index (χ4v) is 16.1. The molecule has 0 spiro atoms. The average molecular weight is 1240 g/mol. The molecule has 3 heterocycles. The number of benzene rings is 9. The van der Waals surface area contributed by atoms with Gasteiger partial charge in [-0.3, -0.25) is 0 Å². The fraction of sp³-hybridized carbons (Fsp3) is 0.167. The smallest absolute Gasteiger partial charge is 0.509 e. The van der Waals surface area contributed by atoms with Crippen molar-refractivity contribution in [2.45, 2.75) is 78.6 Å². The van der Waals surface area contributed by atoms with Crippen LogP contribution in [0.3, 0.4) is 0 Å². The average Bonchev–Trinajstić information content (AvgIpc) is 4.15. The molecule has 0 radical (unpaired) electrons. The largest absolute Gasteiger partial charge is 2.00 e. The molecule has 9 aromatic carbocycles. The van der Waals surface area contributed by atoms with Crippen LogP contribution in [-0.4, -0.2) is 23.6 Å². The van der Waals surface area contributed by atoms with Crippen molar-refractivity contribution in [1.29, 1.82) is 0 Å². The minimum atomic E-state index is -2.87. The Bertz CT molecular complexity index is 4090.